The van der Waals surface area contributed by atoms with Crippen LogP contribution in [0.25, 0.3) is 0 Å². The summed E-state index contributed by atoms with van der Waals surface area (Å²) in [5.41, 5.74) is 0.968. The summed E-state index contributed by atoms with van der Waals surface area (Å²) in [7, 11) is 0. The van der Waals surface area contributed by atoms with Gasteiger partial charge >= 0.3 is 0 Å². The van der Waals surface area contributed by atoms with Crippen LogP contribution < -0.4 is 5.32 Å². The van der Waals surface area contributed by atoms with Crippen molar-refractivity contribution in [2.75, 3.05) is 0 Å². The Bertz CT molecular complexity index is 467. The van der Waals surface area contributed by atoms with Crippen molar-refractivity contribution < 1.29 is 4.42 Å². The molecule has 5 heteroatoms. The zero-order valence-corrected chi connectivity index (χ0v) is 9.40. The molecule has 0 aliphatic carbocycles. The second kappa shape index (κ2) is 4.85. The van der Waals surface area contributed by atoms with E-state index in [0.717, 1.165) is 17.3 Å². The Morgan fingerprint density at radius 1 is 1.25 bits per heavy atom. The minimum atomic E-state index is 0.608. The molecule has 5 nitrogen and oxygen atoms in total. The first kappa shape index (κ1) is 10.8. The third kappa shape index (κ3) is 2.87. The van der Waals surface area contributed by atoms with E-state index in [1.54, 1.807) is 12.4 Å². The normalized spacial score (nSPS) is 10.6. The molecule has 16 heavy (non-hydrogen) atoms. The standard InChI is InChI=1S/C11H14N4O/c1-8-5-14-11(16-8)7-12-6-10-3-4-13-9(2)15-10/h3-5,12H,6-7H2,1-2H3. The SMILES string of the molecule is Cc1nccc(CNCc2ncc(C)o2)n1. The third-order valence-electron chi connectivity index (χ3n) is 2.09. The molecule has 2 aromatic rings. The summed E-state index contributed by atoms with van der Waals surface area (Å²) in [4.78, 5) is 12.4. The van der Waals surface area contributed by atoms with Crippen molar-refractivity contribution in [3.05, 3.63) is 41.6 Å². The number of aryl methyl sites for hydroxylation is 2. The molecule has 0 aliphatic heterocycles. The summed E-state index contributed by atoms with van der Waals surface area (Å²) in [5.74, 6) is 2.31. The number of aromatic nitrogens is 3. The number of hydrogen-bond acceptors (Lipinski definition) is 5. The van der Waals surface area contributed by atoms with Crippen molar-refractivity contribution in [1.29, 1.82) is 0 Å². The Labute approximate surface area is 94.0 Å². The van der Waals surface area contributed by atoms with Gasteiger partial charge in [-0.1, -0.05) is 0 Å². The van der Waals surface area contributed by atoms with E-state index in [9.17, 15) is 0 Å². The highest BCUT2D eigenvalue weighted by molar-refractivity contribution is 5.01. The van der Waals surface area contributed by atoms with Gasteiger partial charge < -0.3 is 9.73 Å². The lowest BCUT2D eigenvalue weighted by Gasteiger charge is -2.01. The fourth-order valence-electron chi connectivity index (χ4n) is 1.38. The lowest BCUT2D eigenvalue weighted by atomic mass is 10.4. The zero-order chi connectivity index (χ0) is 11.4. The van der Waals surface area contributed by atoms with Gasteiger partial charge in [0, 0.05) is 12.7 Å². The summed E-state index contributed by atoms with van der Waals surface area (Å²) < 4.78 is 5.34. The Morgan fingerprint density at radius 3 is 2.81 bits per heavy atom. The van der Waals surface area contributed by atoms with Crippen LogP contribution in [-0.2, 0) is 13.1 Å². The summed E-state index contributed by atoms with van der Waals surface area (Å²) in [6.45, 7) is 5.05. The highest BCUT2D eigenvalue weighted by atomic mass is 16.4. The van der Waals surface area contributed by atoms with Gasteiger partial charge in [0.15, 0.2) is 0 Å². The predicted molar refractivity (Wildman–Crippen MR) is 58.6 cm³/mol. The van der Waals surface area contributed by atoms with Gasteiger partial charge in [0.05, 0.1) is 18.4 Å². The van der Waals surface area contributed by atoms with Crippen LogP contribution in [0.2, 0.25) is 0 Å². The molecule has 0 unspecified atom stereocenters. The van der Waals surface area contributed by atoms with E-state index in [1.165, 1.54) is 0 Å². The van der Waals surface area contributed by atoms with E-state index in [-0.39, 0.29) is 0 Å². The lowest BCUT2D eigenvalue weighted by Crippen LogP contribution is -2.14. The van der Waals surface area contributed by atoms with E-state index in [0.29, 0.717) is 19.0 Å². The average molecular weight is 218 g/mol. The van der Waals surface area contributed by atoms with E-state index in [1.807, 2.05) is 19.9 Å². The van der Waals surface area contributed by atoms with Crippen molar-refractivity contribution in [2.45, 2.75) is 26.9 Å². The van der Waals surface area contributed by atoms with Gasteiger partial charge in [-0.15, -0.1) is 0 Å². The molecule has 0 aromatic carbocycles. The van der Waals surface area contributed by atoms with E-state index in [2.05, 4.69) is 20.3 Å². The topological polar surface area (TPSA) is 63.8 Å². The quantitative estimate of drug-likeness (QED) is 0.839. The summed E-state index contributed by atoms with van der Waals surface area (Å²) in [5, 5.41) is 3.21. The molecular weight excluding hydrogens is 204 g/mol. The Balaban J connectivity index is 1.84. The number of rotatable bonds is 4. The number of hydrogen-bond donors (Lipinski definition) is 1. The first-order chi connectivity index (χ1) is 7.74. The van der Waals surface area contributed by atoms with Crippen LogP contribution in [0.3, 0.4) is 0 Å². The molecule has 0 saturated carbocycles. The van der Waals surface area contributed by atoms with Gasteiger partial charge in [-0.3, -0.25) is 0 Å². The maximum atomic E-state index is 5.34. The molecule has 84 valence electrons. The molecule has 0 bridgehead atoms. The Kier molecular flexibility index (Phi) is 3.26. The number of nitrogens with zero attached hydrogens (tertiary/aromatic N) is 3. The monoisotopic (exact) mass is 218 g/mol. The van der Waals surface area contributed by atoms with Crippen molar-refractivity contribution in [2.24, 2.45) is 0 Å². The van der Waals surface area contributed by atoms with Gasteiger partial charge in [-0.2, -0.15) is 0 Å². The molecule has 1 N–H and O–H groups in total. The minimum Gasteiger partial charge on any atom is -0.445 e. The molecular formula is C11H14N4O. The smallest absolute Gasteiger partial charge is 0.208 e. The first-order valence-electron chi connectivity index (χ1n) is 5.14. The van der Waals surface area contributed by atoms with Gasteiger partial charge in [-0.25, -0.2) is 15.0 Å². The fourth-order valence-corrected chi connectivity index (χ4v) is 1.38. The van der Waals surface area contributed by atoms with Crippen molar-refractivity contribution in [1.82, 2.24) is 20.3 Å². The van der Waals surface area contributed by atoms with E-state index < -0.39 is 0 Å². The van der Waals surface area contributed by atoms with E-state index >= 15 is 0 Å². The second-order valence-corrected chi connectivity index (χ2v) is 3.56. The van der Waals surface area contributed by atoms with Crippen molar-refractivity contribution in [3.63, 3.8) is 0 Å². The molecule has 0 saturated heterocycles. The van der Waals surface area contributed by atoms with Gasteiger partial charge in [0.25, 0.3) is 0 Å². The molecule has 0 spiro atoms. The third-order valence-corrected chi connectivity index (χ3v) is 2.09. The predicted octanol–water partition coefficient (Wildman–Crippen LogP) is 1.37. The minimum absolute atomic E-state index is 0.608. The van der Waals surface area contributed by atoms with Crippen molar-refractivity contribution >= 4 is 0 Å². The first-order valence-corrected chi connectivity index (χ1v) is 5.14. The molecule has 0 amide bonds. The van der Waals surface area contributed by atoms with E-state index in [4.69, 9.17) is 4.42 Å². The van der Waals surface area contributed by atoms with Gasteiger partial charge in [-0.05, 0) is 19.9 Å². The van der Waals surface area contributed by atoms with Gasteiger partial charge in [0.1, 0.15) is 11.6 Å². The maximum Gasteiger partial charge on any atom is 0.208 e. The van der Waals surface area contributed by atoms with Crippen LogP contribution >= 0.6 is 0 Å². The lowest BCUT2D eigenvalue weighted by molar-refractivity contribution is 0.448. The van der Waals surface area contributed by atoms with Crippen LogP contribution in [0.5, 0.6) is 0 Å². The summed E-state index contributed by atoms with van der Waals surface area (Å²) in [6, 6.07) is 1.89. The fraction of sp³-hybridized carbons (Fsp3) is 0.364. The van der Waals surface area contributed by atoms with Crippen molar-refractivity contribution in [3.8, 4) is 0 Å². The Morgan fingerprint density at radius 2 is 2.12 bits per heavy atom. The molecule has 0 aliphatic rings. The van der Waals surface area contributed by atoms with Gasteiger partial charge in [0.2, 0.25) is 5.89 Å². The zero-order valence-electron chi connectivity index (χ0n) is 9.40. The average Bonchev–Trinajstić information content (AvgIpc) is 2.64. The number of oxazole rings is 1. The summed E-state index contributed by atoms with van der Waals surface area (Å²) >= 11 is 0. The highest BCUT2D eigenvalue weighted by Crippen LogP contribution is 2.01. The van der Waals surface area contributed by atoms with Crippen LogP contribution in [0, 0.1) is 13.8 Å². The summed E-state index contributed by atoms with van der Waals surface area (Å²) in [6.07, 6.45) is 3.47. The van der Waals surface area contributed by atoms with Crippen LogP contribution in [0.1, 0.15) is 23.2 Å². The number of nitrogens with one attached hydrogen (secondary N) is 1. The molecule has 2 rings (SSSR count). The molecule has 2 aromatic heterocycles. The molecule has 0 atom stereocenters. The van der Waals surface area contributed by atoms with Crippen LogP contribution in [0.15, 0.2) is 22.9 Å². The molecule has 2 heterocycles. The molecule has 0 fully saturated rings. The van der Waals surface area contributed by atoms with Crippen LogP contribution in [0.4, 0.5) is 0 Å². The van der Waals surface area contributed by atoms with Crippen LogP contribution in [-0.4, -0.2) is 15.0 Å². The highest BCUT2D eigenvalue weighted by Gasteiger charge is 2.00. The second-order valence-electron chi connectivity index (χ2n) is 3.56. The maximum absolute atomic E-state index is 5.34. The Hall–Kier alpha value is -1.75. The molecule has 0 radical (unpaired) electrons. The largest absolute Gasteiger partial charge is 0.445 e.